The number of benzene rings is 1. The van der Waals surface area contributed by atoms with Crippen LogP contribution >= 0.6 is 0 Å². The third-order valence-electron chi connectivity index (χ3n) is 3.67. The van der Waals surface area contributed by atoms with Crippen molar-refractivity contribution in [3.63, 3.8) is 0 Å². The van der Waals surface area contributed by atoms with Crippen LogP contribution in [0.3, 0.4) is 0 Å². The van der Waals surface area contributed by atoms with Crippen LogP contribution in [0.1, 0.15) is 30.0 Å². The van der Waals surface area contributed by atoms with E-state index in [0.717, 1.165) is 30.8 Å². The zero-order valence-electron chi connectivity index (χ0n) is 11.6. The fourth-order valence-corrected chi connectivity index (χ4v) is 2.69. The number of carbonyl (C=O) groups is 1. The van der Waals surface area contributed by atoms with Crippen molar-refractivity contribution >= 4 is 11.6 Å². The Morgan fingerprint density at radius 2 is 2.25 bits per heavy atom. The average Bonchev–Trinajstić information content (AvgIpc) is 2.90. The number of hydrogen-bond donors (Lipinski definition) is 0. The van der Waals surface area contributed by atoms with Crippen molar-refractivity contribution in [3.8, 4) is 0 Å². The van der Waals surface area contributed by atoms with Crippen molar-refractivity contribution in [2.45, 2.75) is 32.6 Å². The molecule has 4 heteroatoms. The topological polar surface area (TPSA) is 46.3 Å². The molecule has 0 bridgehead atoms. The first-order valence-corrected chi connectivity index (χ1v) is 7.03. The van der Waals surface area contributed by atoms with Crippen LogP contribution in [-0.4, -0.2) is 17.4 Å². The molecule has 1 aromatic heterocycles. The molecule has 0 unspecified atom stereocenters. The number of rotatable bonds is 3. The van der Waals surface area contributed by atoms with Gasteiger partial charge < -0.3 is 9.32 Å². The highest BCUT2D eigenvalue weighted by Crippen LogP contribution is 2.27. The molecule has 1 aliphatic heterocycles. The Morgan fingerprint density at radius 1 is 1.40 bits per heavy atom. The van der Waals surface area contributed by atoms with E-state index in [1.54, 1.807) is 6.26 Å². The molecule has 1 aromatic carbocycles. The number of aryl methyl sites for hydroxylation is 3. The summed E-state index contributed by atoms with van der Waals surface area (Å²) in [4.78, 5) is 18.6. The number of oxazole rings is 1. The zero-order chi connectivity index (χ0) is 13.9. The second-order valence-electron chi connectivity index (χ2n) is 5.14. The van der Waals surface area contributed by atoms with Gasteiger partial charge in [-0.3, -0.25) is 4.79 Å². The molecule has 1 amide bonds. The van der Waals surface area contributed by atoms with E-state index in [0.29, 0.717) is 18.7 Å². The Labute approximate surface area is 118 Å². The molecule has 0 radical (unpaired) electrons. The van der Waals surface area contributed by atoms with Gasteiger partial charge in [0.25, 0.3) is 0 Å². The van der Waals surface area contributed by atoms with E-state index in [-0.39, 0.29) is 5.91 Å². The van der Waals surface area contributed by atoms with E-state index in [1.165, 1.54) is 5.56 Å². The average molecular weight is 270 g/mol. The SMILES string of the molecule is Cc1nc(CCC(=O)N2CCCc3ccccc32)co1. The van der Waals surface area contributed by atoms with Crippen LogP contribution in [0.5, 0.6) is 0 Å². The second kappa shape index (κ2) is 5.49. The molecule has 0 N–H and O–H groups in total. The van der Waals surface area contributed by atoms with Gasteiger partial charge in [0, 0.05) is 32.0 Å². The summed E-state index contributed by atoms with van der Waals surface area (Å²) in [6, 6.07) is 8.17. The highest BCUT2D eigenvalue weighted by atomic mass is 16.3. The standard InChI is InChI=1S/C16H18N2O2/c1-12-17-14(11-20-12)8-9-16(19)18-10-4-6-13-5-2-3-7-15(13)18/h2-3,5,7,11H,4,6,8-10H2,1H3. The van der Waals surface area contributed by atoms with Gasteiger partial charge >= 0.3 is 0 Å². The predicted molar refractivity (Wildman–Crippen MR) is 76.7 cm³/mol. The molecule has 20 heavy (non-hydrogen) atoms. The zero-order valence-corrected chi connectivity index (χ0v) is 11.6. The molecule has 0 saturated heterocycles. The summed E-state index contributed by atoms with van der Waals surface area (Å²) < 4.78 is 5.16. The maximum Gasteiger partial charge on any atom is 0.227 e. The summed E-state index contributed by atoms with van der Waals surface area (Å²) in [7, 11) is 0. The van der Waals surface area contributed by atoms with Crippen LogP contribution in [0.2, 0.25) is 0 Å². The monoisotopic (exact) mass is 270 g/mol. The Hall–Kier alpha value is -2.10. The molecule has 104 valence electrons. The molecule has 2 heterocycles. The minimum Gasteiger partial charge on any atom is -0.449 e. The highest BCUT2D eigenvalue weighted by molar-refractivity contribution is 5.94. The van der Waals surface area contributed by atoms with Gasteiger partial charge in [0.05, 0.1) is 5.69 Å². The number of amides is 1. The van der Waals surface area contributed by atoms with E-state index >= 15 is 0 Å². The lowest BCUT2D eigenvalue weighted by atomic mass is 10.0. The van der Waals surface area contributed by atoms with Gasteiger partial charge in [-0.15, -0.1) is 0 Å². The van der Waals surface area contributed by atoms with Gasteiger partial charge in [0.2, 0.25) is 5.91 Å². The van der Waals surface area contributed by atoms with Crippen molar-refractivity contribution in [1.29, 1.82) is 0 Å². The van der Waals surface area contributed by atoms with Crippen LogP contribution in [-0.2, 0) is 17.6 Å². The van der Waals surface area contributed by atoms with Gasteiger partial charge in [-0.1, -0.05) is 18.2 Å². The van der Waals surface area contributed by atoms with Crippen LogP contribution in [0.15, 0.2) is 34.9 Å². The Balaban J connectivity index is 1.69. The van der Waals surface area contributed by atoms with E-state index in [2.05, 4.69) is 11.1 Å². The van der Waals surface area contributed by atoms with Gasteiger partial charge in [0.15, 0.2) is 5.89 Å². The summed E-state index contributed by atoms with van der Waals surface area (Å²) in [5.74, 6) is 0.813. The molecule has 0 atom stereocenters. The highest BCUT2D eigenvalue weighted by Gasteiger charge is 2.21. The number of aromatic nitrogens is 1. The molecule has 0 fully saturated rings. The predicted octanol–water partition coefficient (Wildman–Crippen LogP) is 2.90. The fraction of sp³-hybridized carbons (Fsp3) is 0.375. The Bertz CT molecular complexity index is 618. The minimum absolute atomic E-state index is 0.165. The third-order valence-corrected chi connectivity index (χ3v) is 3.67. The quantitative estimate of drug-likeness (QED) is 0.861. The summed E-state index contributed by atoms with van der Waals surface area (Å²) in [6.07, 6.45) is 4.83. The molecule has 0 saturated carbocycles. The smallest absolute Gasteiger partial charge is 0.227 e. The first kappa shape index (κ1) is 12.9. The minimum atomic E-state index is 0.165. The number of carbonyl (C=O) groups excluding carboxylic acids is 1. The van der Waals surface area contributed by atoms with Crippen molar-refractivity contribution in [1.82, 2.24) is 4.98 Å². The van der Waals surface area contributed by atoms with Gasteiger partial charge in [-0.25, -0.2) is 4.98 Å². The molecule has 0 spiro atoms. The lowest BCUT2D eigenvalue weighted by molar-refractivity contribution is -0.118. The van der Waals surface area contributed by atoms with Crippen LogP contribution in [0, 0.1) is 6.92 Å². The number of anilines is 1. The normalized spacial score (nSPS) is 14.2. The van der Waals surface area contributed by atoms with E-state index < -0.39 is 0 Å². The van der Waals surface area contributed by atoms with Gasteiger partial charge in [-0.05, 0) is 24.5 Å². The first-order valence-electron chi connectivity index (χ1n) is 7.03. The summed E-state index contributed by atoms with van der Waals surface area (Å²) in [5, 5.41) is 0. The Morgan fingerprint density at radius 3 is 3.05 bits per heavy atom. The maximum atomic E-state index is 12.4. The largest absolute Gasteiger partial charge is 0.449 e. The molecule has 1 aliphatic rings. The van der Waals surface area contributed by atoms with Crippen LogP contribution in [0.25, 0.3) is 0 Å². The summed E-state index contributed by atoms with van der Waals surface area (Å²) >= 11 is 0. The van der Waals surface area contributed by atoms with Crippen molar-refractivity contribution in [2.75, 3.05) is 11.4 Å². The fourth-order valence-electron chi connectivity index (χ4n) is 2.69. The number of para-hydroxylation sites is 1. The van der Waals surface area contributed by atoms with Crippen LogP contribution < -0.4 is 4.90 Å². The molecule has 0 aliphatic carbocycles. The van der Waals surface area contributed by atoms with E-state index in [9.17, 15) is 4.79 Å². The van der Waals surface area contributed by atoms with Gasteiger partial charge in [0.1, 0.15) is 6.26 Å². The molecular weight excluding hydrogens is 252 g/mol. The second-order valence-corrected chi connectivity index (χ2v) is 5.14. The number of nitrogens with zero attached hydrogens (tertiary/aromatic N) is 2. The first-order chi connectivity index (χ1) is 9.74. The van der Waals surface area contributed by atoms with Crippen LogP contribution in [0.4, 0.5) is 5.69 Å². The Kier molecular flexibility index (Phi) is 3.54. The molecular formula is C16H18N2O2. The number of hydrogen-bond acceptors (Lipinski definition) is 3. The molecule has 2 aromatic rings. The van der Waals surface area contributed by atoms with Crippen molar-refractivity contribution < 1.29 is 9.21 Å². The lowest BCUT2D eigenvalue weighted by Gasteiger charge is -2.29. The summed E-state index contributed by atoms with van der Waals surface area (Å²) in [6.45, 7) is 2.62. The lowest BCUT2D eigenvalue weighted by Crippen LogP contribution is -2.35. The van der Waals surface area contributed by atoms with Gasteiger partial charge in [-0.2, -0.15) is 0 Å². The van der Waals surface area contributed by atoms with E-state index in [4.69, 9.17) is 4.42 Å². The van der Waals surface area contributed by atoms with Crippen molar-refractivity contribution in [2.24, 2.45) is 0 Å². The van der Waals surface area contributed by atoms with E-state index in [1.807, 2.05) is 30.0 Å². The maximum absolute atomic E-state index is 12.4. The number of fused-ring (bicyclic) bond motifs is 1. The van der Waals surface area contributed by atoms with Crippen molar-refractivity contribution in [3.05, 3.63) is 47.7 Å². The third kappa shape index (κ3) is 2.59. The summed E-state index contributed by atoms with van der Waals surface area (Å²) in [5.41, 5.74) is 3.19. The molecule has 4 nitrogen and oxygen atoms in total. The molecule has 3 rings (SSSR count).